The van der Waals surface area contributed by atoms with Crippen LogP contribution in [-0.2, 0) is 20.9 Å². The Bertz CT molecular complexity index is 2280. The highest BCUT2D eigenvalue weighted by atomic mass is 79.9. The minimum atomic E-state index is -0.865. The van der Waals surface area contributed by atoms with Gasteiger partial charge in [-0.3, -0.25) is 4.84 Å². The fourth-order valence-corrected chi connectivity index (χ4v) is 7.48. The van der Waals surface area contributed by atoms with E-state index < -0.39 is 23.8 Å². The molecule has 0 spiro atoms. The summed E-state index contributed by atoms with van der Waals surface area (Å²) in [6.07, 6.45) is 0.504. The van der Waals surface area contributed by atoms with Crippen molar-refractivity contribution < 1.29 is 23.9 Å². The minimum Gasteiger partial charge on any atom is -0.447 e. The summed E-state index contributed by atoms with van der Waals surface area (Å²) in [7, 11) is 0. The third-order valence-corrected chi connectivity index (χ3v) is 9.78. The average Bonchev–Trinajstić information content (AvgIpc) is 3.62. The first-order chi connectivity index (χ1) is 24.6. The summed E-state index contributed by atoms with van der Waals surface area (Å²) in [4.78, 5) is 43.7. The van der Waals surface area contributed by atoms with Crippen LogP contribution in [0.3, 0.4) is 0 Å². The largest absolute Gasteiger partial charge is 0.447 e. The highest BCUT2D eigenvalue weighted by molar-refractivity contribution is 9.10. The Morgan fingerprint density at radius 1 is 0.902 bits per heavy atom. The second kappa shape index (κ2) is 12.8. The quantitative estimate of drug-likeness (QED) is 0.177. The summed E-state index contributed by atoms with van der Waals surface area (Å²) < 4.78 is 14.5. The topological polar surface area (TPSA) is 95.8 Å². The Morgan fingerprint density at radius 2 is 1.59 bits per heavy atom. The van der Waals surface area contributed by atoms with E-state index >= 15 is 0 Å². The number of carbonyl (C=O) groups excluding carboxylic acids is 2. The smallest absolute Gasteiger partial charge is 0.434 e. The zero-order valence-corrected chi connectivity index (χ0v) is 30.2. The van der Waals surface area contributed by atoms with Gasteiger partial charge in [0.2, 0.25) is 0 Å². The van der Waals surface area contributed by atoms with Crippen LogP contribution in [0.15, 0.2) is 108 Å². The maximum atomic E-state index is 14.3. The monoisotopic (exact) mass is 742 g/mol. The molecular weight excluding hydrogens is 708 g/mol. The van der Waals surface area contributed by atoms with Gasteiger partial charge in [0, 0.05) is 38.8 Å². The summed E-state index contributed by atoms with van der Waals surface area (Å²) >= 11 is 3.60. The maximum Gasteiger partial charge on any atom is 0.434 e. The molecule has 8 rings (SSSR count). The molecule has 0 radical (unpaired) electrons. The second-order valence-electron chi connectivity index (χ2n) is 13.8. The van der Waals surface area contributed by atoms with Crippen LogP contribution in [-0.4, -0.2) is 44.0 Å². The number of benzene rings is 4. The normalized spacial score (nSPS) is 15.3. The average molecular weight is 744 g/mol. The van der Waals surface area contributed by atoms with E-state index in [0.29, 0.717) is 22.6 Å². The van der Waals surface area contributed by atoms with Gasteiger partial charge in [-0.15, -0.1) is 0 Å². The van der Waals surface area contributed by atoms with Crippen LogP contribution >= 0.6 is 15.9 Å². The molecule has 1 atom stereocenters. The molecule has 51 heavy (non-hydrogen) atoms. The number of halogens is 1. The second-order valence-corrected chi connectivity index (χ2v) is 14.7. The molecule has 6 aromatic rings. The number of hydrogen-bond acceptors (Lipinski definition) is 7. The zero-order chi connectivity index (χ0) is 35.4. The van der Waals surface area contributed by atoms with Gasteiger partial charge in [-0.1, -0.05) is 88.7 Å². The third-order valence-electron chi connectivity index (χ3n) is 9.29. The summed E-state index contributed by atoms with van der Waals surface area (Å²) in [5, 5.41) is 2.06. The number of ether oxygens (including phenoxy) is 2. The summed E-state index contributed by atoms with van der Waals surface area (Å²) in [5.74, 6) is 0.447. The van der Waals surface area contributed by atoms with E-state index in [0.717, 1.165) is 48.9 Å². The predicted molar refractivity (Wildman–Crippen MR) is 197 cm³/mol. The van der Waals surface area contributed by atoms with E-state index in [9.17, 15) is 9.59 Å². The zero-order valence-electron chi connectivity index (χ0n) is 28.6. The lowest BCUT2D eigenvalue weighted by Crippen LogP contribution is -2.41. The van der Waals surface area contributed by atoms with Crippen molar-refractivity contribution in [2.45, 2.75) is 51.9 Å². The van der Waals surface area contributed by atoms with Crippen molar-refractivity contribution in [1.82, 2.24) is 19.6 Å². The van der Waals surface area contributed by atoms with Gasteiger partial charge in [0.05, 0.1) is 11.2 Å². The number of rotatable bonds is 4. The number of aromatic nitrogens is 3. The van der Waals surface area contributed by atoms with Gasteiger partial charge in [0.1, 0.15) is 24.9 Å². The van der Waals surface area contributed by atoms with E-state index in [1.54, 1.807) is 10.8 Å². The Labute approximate surface area is 303 Å². The summed E-state index contributed by atoms with van der Waals surface area (Å²) in [5.41, 5.74) is 8.06. The first-order valence-corrected chi connectivity index (χ1v) is 17.6. The molecule has 1 amide bonds. The van der Waals surface area contributed by atoms with Crippen LogP contribution in [0.5, 0.6) is 0 Å². The molecule has 1 aliphatic heterocycles. The molecule has 0 bridgehead atoms. The van der Waals surface area contributed by atoms with Gasteiger partial charge in [0.25, 0.3) is 0 Å². The molecule has 256 valence electrons. The van der Waals surface area contributed by atoms with Crippen molar-refractivity contribution in [2.24, 2.45) is 0 Å². The maximum absolute atomic E-state index is 14.3. The molecule has 0 N–H and O–H groups in total. The summed E-state index contributed by atoms with van der Waals surface area (Å²) in [6, 6.07) is 30.7. The van der Waals surface area contributed by atoms with Gasteiger partial charge in [-0.2, -0.15) is 5.06 Å². The number of nitrogens with zero attached hydrogens (tertiary/aromatic N) is 4. The van der Waals surface area contributed by atoms with Gasteiger partial charge < -0.3 is 9.47 Å². The van der Waals surface area contributed by atoms with Crippen LogP contribution in [0.4, 0.5) is 9.59 Å². The van der Waals surface area contributed by atoms with E-state index in [1.807, 2.05) is 100 Å². The lowest BCUT2D eigenvalue weighted by Gasteiger charge is -2.35. The highest BCUT2D eigenvalue weighted by Crippen LogP contribution is 2.46. The molecule has 3 heterocycles. The molecule has 2 aromatic heterocycles. The molecular formula is C41H35BrN4O5. The van der Waals surface area contributed by atoms with E-state index in [2.05, 4.69) is 50.2 Å². The number of amides is 1. The molecule has 0 saturated carbocycles. The Kier molecular flexibility index (Phi) is 8.23. The van der Waals surface area contributed by atoms with Crippen LogP contribution in [0, 0.1) is 6.92 Å². The van der Waals surface area contributed by atoms with E-state index in [-0.39, 0.29) is 19.1 Å². The first-order valence-electron chi connectivity index (χ1n) is 16.8. The van der Waals surface area contributed by atoms with Crippen molar-refractivity contribution in [2.75, 3.05) is 6.61 Å². The standard InChI is InChI=1S/C41H35BrN4O5/c1-24-19-20-43-38(44-24)26-15-13-25(14-16-26)36-37-34(32-21-27(42)17-18-35(32)45(37)39(47)51-41(2,3)4)23-50-46(36)40(48)49-22-33-30-11-7-5-9-28(30)29-10-6-8-12-31(29)33/h5-21,33,36H,22-23H2,1-4H3. The van der Waals surface area contributed by atoms with Gasteiger partial charge in [0.15, 0.2) is 5.82 Å². The van der Waals surface area contributed by atoms with Gasteiger partial charge >= 0.3 is 12.2 Å². The fourth-order valence-electron chi connectivity index (χ4n) is 7.12. The Balaban J connectivity index is 1.22. The number of fused-ring (bicyclic) bond motifs is 6. The number of hydrogen-bond donors (Lipinski definition) is 0. The first kappa shape index (κ1) is 32.9. The van der Waals surface area contributed by atoms with E-state index in [4.69, 9.17) is 14.3 Å². The molecule has 0 saturated heterocycles. The van der Waals surface area contributed by atoms with Crippen LogP contribution < -0.4 is 0 Å². The molecule has 1 aliphatic carbocycles. The van der Waals surface area contributed by atoms with Crippen LogP contribution in [0.1, 0.15) is 66.4 Å². The van der Waals surface area contributed by atoms with Gasteiger partial charge in [-0.05, 0) is 79.8 Å². The molecule has 4 aromatic carbocycles. The number of carbonyl (C=O) groups is 2. The predicted octanol–water partition coefficient (Wildman–Crippen LogP) is 9.74. The lowest BCUT2D eigenvalue weighted by atomic mass is 9.97. The third kappa shape index (κ3) is 5.98. The van der Waals surface area contributed by atoms with E-state index in [1.165, 1.54) is 5.06 Å². The fraction of sp³-hybridized carbons (Fsp3) is 0.220. The van der Waals surface area contributed by atoms with Crippen LogP contribution in [0.2, 0.25) is 0 Å². The van der Waals surface area contributed by atoms with Crippen molar-refractivity contribution in [3.63, 3.8) is 0 Å². The molecule has 10 heteroatoms. The molecule has 1 unspecified atom stereocenters. The molecule has 9 nitrogen and oxygen atoms in total. The molecule has 0 fully saturated rings. The number of hydroxylamine groups is 2. The SMILES string of the molecule is Cc1ccnc(-c2ccc(C3c4c(c5cc(Br)ccc5n4C(=O)OC(C)(C)C)CON3C(=O)OCC3c4ccccc4-c4ccccc43)cc2)n1. The summed E-state index contributed by atoms with van der Waals surface area (Å²) in [6.45, 7) is 7.55. The minimum absolute atomic E-state index is 0.0357. The van der Waals surface area contributed by atoms with Crippen molar-refractivity contribution >= 4 is 39.0 Å². The van der Waals surface area contributed by atoms with Crippen molar-refractivity contribution in [3.8, 4) is 22.5 Å². The van der Waals surface area contributed by atoms with Crippen molar-refractivity contribution in [3.05, 3.63) is 141 Å². The van der Waals surface area contributed by atoms with Crippen LogP contribution in [0.25, 0.3) is 33.4 Å². The highest BCUT2D eigenvalue weighted by Gasteiger charge is 2.42. The number of aryl methyl sites for hydroxylation is 1. The lowest BCUT2D eigenvalue weighted by molar-refractivity contribution is -0.176. The Morgan fingerprint density at radius 3 is 2.25 bits per heavy atom. The Hall–Kier alpha value is -5.32. The van der Waals surface area contributed by atoms with Gasteiger partial charge in [-0.25, -0.2) is 24.1 Å². The molecule has 2 aliphatic rings. The van der Waals surface area contributed by atoms with Crippen molar-refractivity contribution in [1.29, 1.82) is 0 Å².